The van der Waals surface area contributed by atoms with Crippen molar-refractivity contribution in [1.82, 2.24) is 0 Å². The minimum absolute atomic E-state index is 0.0591. The van der Waals surface area contributed by atoms with Crippen molar-refractivity contribution in [3.05, 3.63) is 35.1 Å². The van der Waals surface area contributed by atoms with Gasteiger partial charge in [-0.15, -0.1) is 11.8 Å². The molecule has 3 heteroatoms. The standard InChI is InChI=1S/C13H15FOS/c1-9-4-5-11(14)10(8-9)12(15)13(2)6-3-7-16-13/h4-5,8H,3,6-7H2,1-2H3. The van der Waals surface area contributed by atoms with Crippen LogP contribution in [0.15, 0.2) is 18.2 Å². The van der Waals surface area contributed by atoms with Gasteiger partial charge in [0.2, 0.25) is 0 Å². The number of hydrogen-bond acceptors (Lipinski definition) is 2. The molecule has 0 aromatic heterocycles. The van der Waals surface area contributed by atoms with E-state index in [4.69, 9.17) is 0 Å². The summed E-state index contributed by atoms with van der Waals surface area (Å²) in [7, 11) is 0. The van der Waals surface area contributed by atoms with Gasteiger partial charge in [-0.3, -0.25) is 4.79 Å². The highest BCUT2D eigenvalue weighted by Gasteiger charge is 2.38. The van der Waals surface area contributed by atoms with Crippen molar-refractivity contribution in [3.8, 4) is 0 Å². The third-order valence-electron chi connectivity index (χ3n) is 3.07. The molecule has 1 unspecified atom stereocenters. The molecule has 0 radical (unpaired) electrons. The normalized spacial score (nSPS) is 24.7. The lowest BCUT2D eigenvalue weighted by Gasteiger charge is -2.21. The summed E-state index contributed by atoms with van der Waals surface area (Å²) in [5, 5.41) is 0. The molecule has 0 amide bonds. The maximum atomic E-state index is 13.6. The molecular formula is C13H15FOS. The first-order chi connectivity index (χ1) is 7.53. The molecule has 1 fully saturated rings. The molecule has 1 atom stereocenters. The average Bonchev–Trinajstić information content (AvgIpc) is 2.69. The predicted octanol–water partition coefficient (Wildman–Crippen LogP) is 3.60. The first-order valence-corrected chi connectivity index (χ1v) is 6.46. The number of benzene rings is 1. The van der Waals surface area contributed by atoms with Gasteiger partial charge in [-0.1, -0.05) is 11.6 Å². The molecule has 2 rings (SSSR count). The van der Waals surface area contributed by atoms with Crippen LogP contribution in [-0.2, 0) is 0 Å². The zero-order valence-corrected chi connectivity index (χ0v) is 10.4. The fraction of sp³-hybridized carbons (Fsp3) is 0.462. The van der Waals surface area contributed by atoms with Crippen molar-refractivity contribution in [3.63, 3.8) is 0 Å². The van der Waals surface area contributed by atoms with Gasteiger partial charge in [0.25, 0.3) is 0 Å². The lowest BCUT2D eigenvalue weighted by Crippen LogP contribution is -2.29. The van der Waals surface area contributed by atoms with E-state index in [-0.39, 0.29) is 11.3 Å². The molecule has 1 saturated heterocycles. The predicted molar refractivity (Wildman–Crippen MR) is 65.6 cm³/mol. The zero-order valence-electron chi connectivity index (χ0n) is 9.55. The summed E-state index contributed by atoms with van der Waals surface area (Å²) in [5.74, 6) is 0.538. The molecule has 1 nitrogen and oxygen atoms in total. The van der Waals surface area contributed by atoms with E-state index >= 15 is 0 Å². The summed E-state index contributed by atoms with van der Waals surface area (Å²) in [6, 6.07) is 4.73. The monoisotopic (exact) mass is 238 g/mol. The van der Waals surface area contributed by atoms with E-state index in [1.165, 1.54) is 6.07 Å². The quantitative estimate of drug-likeness (QED) is 0.732. The Morgan fingerprint density at radius 2 is 2.25 bits per heavy atom. The summed E-state index contributed by atoms with van der Waals surface area (Å²) >= 11 is 1.65. The van der Waals surface area contributed by atoms with Crippen LogP contribution < -0.4 is 0 Å². The lowest BCUT2D eigenvalue weighted by atomic mass is 9.93. The Morgan fingerprint density at radius 3 is 2.88 bits per heavy atom. The van der Waals surface area contributed by atoms with Gasteiger partial charge in [0, 0.05) is 0 Å². The van der Waals surface area contributed by atoms with Crippen LogP contribution in [-0.4, -0.2) is 16.3 Å². The fourth-order valence-electron chi connectivity index (χ4n) is 2.06. The van der Waals surface area contributed by atoms with Crippen LogP contribution in [0.1, 0.15) is 35.7 Å². The molecular weight excluding hydrogens is 223 g/mol. The molecule has 86 valence electrons. The Balaban J connectivity index is 2.36. The van der Waals surface area contributed by atoms with Crippen molar-refractivity contribution in [2.24, 2.45) is 0 Å². The first kappa shape index (κ1) is 11.6. The highest BCUT2D eigenvalue weighted by atomic mass is 32.2. The van der Waals surface area contributed by atoms with E-state index in [2.05, 4.69) is 0 Å². The Labute approximate surface area is 99.4 Å². The van der Waals surface area contributed by atoms with Gasteiger partial charge in [0.05, 0.1) is 10.3 Å². The SMILES string of the molecule is Cc1ccc(F)c(C(=O)C2(C)CCCS2)c1. The third-order valence-corrected chi connectivity index (χ3v) is 4.59. The van der Waals surface area contributed by atoms with Gasteiger partial charge in [-0.05, 0) is 44.6 Å². The van der Waals surface area contributed by atoms with Crippen LogP contribution in [0.2, 0.25) is 0 Å². The summed E-state index contributed by atoms with van der Waals surface area (Å²) in [4.78, 5) is 12.3. The summed E-state index contributed by atoms with van der Waals surface area (Å²) < 4.78 is 13.2. The van der Waals surface area contributed by atoms with E-state index in [0.717, 1.165) is 24.2 Å². The number of ketones is 1. The summed E-state index contributed by atoms with van der Waals surface area (Å²) in [5.41, 5.74) is 1.17. The molecule has 0 saturated carbocycles. The molecule has 0 N–H and O–H groups in total. The number of carbonyl (C=O) groups is 1. The van der Waals surface area contributed by atoms with Crippen LogP contribution in [0.25, 0.3) is 0 Å². The molecule has 0 bridgehead atoms. The third kappa shape index (κ3) is 2.01. The lowest BCUT2D eigenvalue weighted by molar-refractivity contribution is 0.0945. The minimum atomic E-state index is -0.422. The van der Waals surface area contributed by atoms with Crippen LogP contribution >= 0.6 is 11.8 Å². The number of rotatable bonds is 2. The number of thioether (sulfide) groups is 1. The number of aryl methyl sites for hydroxylation is 1. The fourth-order valence-corrected chi connectivity index (χ4v) is 3.33. The van der Waals surface area contributed by atoms with Gasteiger partial charge in [0.1, 0.15) is 5.82 Å². The van der Waals surface area contributed by atoms with Gasteiger partial charge < -0.3 is 0 Å². The van der Waals surface area contributed by atoms with Gasteiger partial charge in [-0.2, -0.15) is 0 Å². The van der Waals surface area contributed by atoms with Gasteiger partial charge in [0.15, 0.2) is 5.78 Å². The number of hydrogen-bond donors (Lipinski definition) is 0. The molecule has 1 aromatic carbocycles. The highest BCUT2D eigenvalue weighted by molar-refractivity contribution is 8.01. The number of Topliss-reactive ketones (excluding diaryl/α,β-unsaturated/α-hetero) is 1. The van der Waals surface area contributed by atoms with Crippen LogP contribution in [0.5, 0.6) is 0 Å². The second kappa shape index (κ2) is 4.21. The second-order valence-electron chi connectivity index (χ2n) is 4.50. The molecule has 1 aliphatic rings. The van der Waals surface area contributed by atoms with Crippen molar-refractivity contribution in [1.29, 1.82) is 0 Å². The van der Waals surface area contributed by atoms with Crippen molar-refractivity contribution >= 4 is 17.5 Å². The van der Waals surface area contributed by atoms with E-state index < -0.39 is 10.6 Å². The molecule has 0 aliphatic carbocycles. The minimum Gasteiger partial charge on any atom is -0.293 e. The van der Waals surface area contributed by atoms with E-state index in [1.807, 2.05) is 13.8 Å². The number of carbonyl (C=O) groups excluding carboxylic acids is 1. The maximum absolute atomic E-state index is 13.6. The van der Waals surface area contributed by atoms with Crippen molar-refractivity contribution < 1.29 is 9.18 Å². The smallest absolute Gasteiger partial charge is 0.181 e. The van der Waals surface area contributed by atoms with Gasteiger partial charge in [-0.25, -0.2) is 4.39 Å². The molecule has 0 spiro atoms. The molecule has 1 aliphatic heterocycles. The van der Waals surface area contributed by atoms with E-state index in [1.54, 1.807) is 23.9 Å². The Hall–Kier alpha value is -0.830. The molecule has 1 heterocycles. The van der Waals surface area contributed by atoms with Crippen LogP contribution in [0, 0.1) is 12.7 Å². The molecule has 1 aromatic rings. The van der Waals surface area contributed by atoms with E-state index in [0.29, 0.717) is 0 Å². The first-order valence-electron chi connectivity index (χ1n) is 5.48. The Kier molecular flexibility index (Phi) is 3.06. The maximum Gasteiger partial charge on any atom is 0.181 e. The second-order valence-corrected chi connectivity index (χ2v) is 6.09. The summed E-state index contributed by atoms with van der Waals surface area (Å²) in [6.45, 7) is 3.80. The van der Waals surface area contributed by atoms with Gasteiger partial charge >= 0.3 is 0 Å². The van der Waals surface area contributed by atoms with Crippen molar-refractivity contribution in [2.45, 2.75) is 31.4 Å². The Morgan fingerprint density at radius 1 is 1.50 bits per heavy atom. The largest absolute Gasteiger partial charge is 0.293 e. The Bertz CT molecular complexity index is 422. The topological polar surface area (TPSA) is 17.1 Å². The van der Waals surface area contributed by atoms with Crippen LogP contribution in [0.4, 0.5) is 4.39 Å². The summed E-state index contributed by atoms with van der Waals surface area (Å²) in [6.07, 6.45) is 1.89. The highest BCUT2D eigenvalue weighted by Crippen LogP contribution is 2.40. The average molecular weight is 238 g/mol. The van der Waals surface area contributed by atoms with E-state index in [9.17, 15) is 9.18 Å². The van der Waals surface area contributed by atoms with Crippen LogP contribution in [0.3, 0.4) is 0 Å². The molecule has 16 heavy (non-hydrogen) atoms. The zero-order chi connectivity index (χ0) is 11.8. The van der Waals surface area contributed by atoms with Crippen molar-refractivity contribution in [2.75, 3.05) is 5.75 Å². The number of halogens is 1.